The topological polar surface area (TPSA) is 122 Å². The van der Waals surface area contributed by atoms with Crippen LogP contribution in [0.5, 0.6) is 0 Å². The molecule has 0 radical (unpaired) electrons. The molecule has 3 aromatic rings. The summed E-state index contributed by atoms with van der Waals surface area (Å²) in [6, 6.07) is 22.3. The number of nitro groups is 1. The number of nitrogens with one attached hydrogen (secondary N) is 1. The van der Waals surface area contributed by atoms with Crippen LogP contribution in [0.25, 0.3) is 6.08 Å². The fraction of sp³-hybridized carbons (Fsp3) is 0.0417. The third-order valence-corrected chi connectivity index (χ3v) is 4.75. The van der Waals surface area contributed by atoms with Crippen LogP contribution < -0.4 is 5.32 Å². The number of nitro benzene ring substituents is 1. The van der Waals surface area contributed by atoms with Gasteiger partial charge in [0.25, 0.3) is 11.6 Å². The molecule has 3 aromatic carbocycles. The smallest absolute Gasteiger partial charge is 0.350 e. The molecule has 1 atom stereocenters. The molecule has 1 unspecified atom stereocenters. The summed E-state index contributed by atoms with van der Waals surface area (Å²) in [7, 11) is 0. The maximum Gasteiger partial charge on any atom is 0.350 e. The van der Waals surface area contributed by atoms with Gasteiger partial charge in [-0.05, 0) is 17.7 Å². The first-order valence-electron chi connectivity index (χ1n) is 9.56. The Morgan fingerprint density at radius 1 is 1.06 bits per heavy atom. The fourth-order valence-corrected chi connectivity index (χ4v) is 3.06. The molecule has 164 valence electrons. The first kappa shape index (κ1) is 23.2. The Bertz CT molecular complexity index is 1250. The van der Waals surface area contributed by atoms with Crippen molar-refractivity contribution < 1.29 is 19.2 Å². The monoisotopic (exact) mass is 461 g/mol. The van der Waals surface area contributed by atoms with E-state index in [1.165, 1.54) is 18.2 Å². The molecule has 0 aromatic heterocycles. The highest BCUT2D eigenvalue weighted by atomic mass is 35.5. The van der Waals surface area contributed by atoms with Crippen molar-refractivity contribution in [2.24, 2.45) is 0 Å². The van der Waals surface area contributed by atoms with Crippen LogP contribution >= 0.6 is 11.6 Å². The van der Waals surface area contributed by atoms with E-state index in [0.29, 0.717) is 11.1 Å². The summed E-state index contributed by atoms with van der Waals surface area (Å²) >= 11 is 6.06. The van der Waals surface area contributed by atoms with Gasteiger partial charge in [0.15, 0.2) is 0 Å². The number of carbonyl (C=O) groups excluding carboxylic acids is 2. The van der Waals surface area contributed by atoms with Gasteiger partial charge in [0, 0.05) is 17.7 Å². The molecule has 0 spiro atoms. The molecule has 3 rings (SSSR count). The standard InChI is InChI=1S/C24H16ClN3O5/c25-20-14-19(28(31)32)11-12-21(20)27-23(29)22(17-9-5-2-6-10-17)33-24(30)18(15-26)13-16-7-3-1-4-8-16/h1-14,22H,(H,27,29). The average Bonchev–Trinajstić information content (AvgIpc) is 2.83. The molecule has 0 aliphatic carbocycles. The first-order chi connectivity index (χ1) is 15.9. The van der Waals surface area contributed by atoms with E-state index >= 15 is 0 Å². The van der Waals surface area contributed by atoms with Gasteiger partial charge >= 0.3 is 5.97 Å². The lowest BCUT2D eigenvalue weighted by molar-refractivity contribution is -0.384. The van der Waals surface area contributed by atoms with Crippen LogP contribution in [-0.4, -0.2) is 16.8 Å². The van der Waals surface area contributed by atoms with Gasteiger partial charge in [-0.3, -0.25) is 14.9 Å². The number of halogens is 1. The van der Waals surface area contributed by atoms with Crippen molar-refractivity contribution in [1.82, 2.24) is 0 Å². The quantitative estimate of drug-likeness (QED) is 0.172. The van der Waals surface area contributed by atoms with Gasteiger partial charge in [-0.15, -0.1) is 0 Å². The molecule has 0 bridgehead atoms. The minimum Gasteiger partial charge on any atom is -0.443 e. The van der Waals surface area contributed by atoms with Crippen LogP contribution in [0, 0.1) is 21.4 Å². The molecule has 0 saturated heterocycles. The average molecular weight is 462 g/mol. The van der Waals surface area contributed by atoms with Crippen LogP contribution in [-0.2, 0) is 14.3 Å². The summed E-state index contributed by atoms with van der Waals surface area (Å²) in [5, 5.41) is 22.8. The Morgan fingerprint density at radius 2 is 1.70 bits per heavy atom. The molecule has 8 nitrogen and oxygen atoms in total. The maximum atomic E-state index is 13.0. The molecule has 9 heteroatoms. The Labute approximate surface area is 193 Å². The third-order valence-electron chi connectivity index (χ3n) is 4.44. The molecule has 0 aliphatic heterocycles. The van der Waals surface area contributed by atoms with Crippen molar-refractivity contribution in [2.45, 2.75) is 6.10 Å². The highest BCUT2D eigenvalue weighted by Crippen LogP contribution is 2.29. The number of benzene rings is 3. The summed E-state index contributed by atoms with van der Waals surface area (Å²) in [4.78, 5) is 36.0. The molecule has 1 N–H and O–H groups in total. The zero-order chi connectivity index (χ0) is 23.8. The zero-order valence-corrected chi connectivity index (χ0v) is 17.7. The van der Waals surface area contributed by atoms with Crippen molar-refractivity contribution >= 4 is 40.9 Å². The van der Waals surface area contributed by atoms with E-state index in [9.17, 15) is 25.0 Å². The summed E-state index contributed by atoms with van der Waals surface area (Å²) < 4.78 is 5.40. The number of carbonyl (C=O) groups is 2. The number of ether oxygens (including phenoxy) is 1. The van der Waals surface area contributed by atoms with Crippen LogP contribution in [0.2, 0.25) is 5.02 Å². The number of amides is 1. The Balaban J connectivity index is 1.87. The van der Waals surface area contributed by atoms with Crippen LogP contribution in [0.15, 0.2) is 84.4 Å². The van der Waals surface area contributed by atoms with Crippen molar-refractivity contribution in [3.8, 4) is 6.07 Å². The molecule has 0 fully saturated rings. The minimum atomic E-state index is -1.41. The second-order valence-corrected chi connectivity index (χ2v) is 7.09. The van der Waals surface area contributed by atoms with E-state index in [2.05, 4.69) is 5.32 Å². The predicted octanol–water partition coefficient (Wildman–Crippen LogP) is 5.08. The third kappa shape index (κ3) is 6.03. The number of hydrogen-bond donors (Lipinski definition) is 1. The zero-order valence-electron chi connectivity index (χ0n) is 17.0. The van der Waals surface area contributed by atoms with E-state index in [0.717, 1.165) is 6.07 Å². The lowest BCUT2D eigenvalue weighted by Crippen LogP contribution is -2.26. The van der Waals surface area contributed by atoms with Crippen molar-refractivity contribution in [3.63, 3.8) is 0 Å². The van der Waals surface area contributed by atoms with Gasteiger partial charge in [-0.25, -0.2) is 4.79 Å². The van der Waals surface area contributed by atoms with E-state index in [1.54, 1.807) is 66.7 Å². The lowest BCUT2D eigenvalue weighted by Gasteiger charge is -2.18. The van der Waals surface area contributed by atoms with Crippen LogP contribution in [0.3, 0.4) is 0 Å². The van der Waals surface area contributed by atoms with Crippen LogP contribution in [0.1, 0.15) is 17.2 Å². The van der Waals surface area contributed by atoms with Gasteiger partial charge < -0.3 is 10.1 Å². The number of non-ortho nitro benzene ring substituents is 1. The van der Waals surface area contributed by atoms with E-state index < -0.39 is 22.9 Å². The molecule has 33 heavy (non-hydrogen) atoms. The van der Waals surface area contributed by atoms with Crippen molar-refractivity contribution in [2.75, 3.05) is 5.32 Å². The number of nitrogens with zero attached hydrogens (tertiary/aromatic N) is 2. The number of anilines is 1. The highest BCUT2D eigenvalue weighted by molar-refractivity contribution is 6.34. The normalized spacial score (nSPS) is 11.7. The van der Waals surface area contributed by atoms with Crippen molar-refractivity contribution in [3.05, 3.63) is 111 Å². The molecule has 1 amide bonds. The lowest BCUT2D eigenvalue weighted by atomic mass is 10.1. The molecule has 0 aliphatic rings. The second kappa shape index (κ2) is 10.7. The van der Waals surface area contributed by atoms with E-state index in [1.807, 2.05) is 0 Å². The molecule has 0 saturated carbocycles. The first-order valence-corrected chi connectivity index (χ1v) is 9.94. The number of esters is 1. The van der Waals surface area contributed by atoms with Gasteiger partial charge in [-0.2, -0.15) is 5.26 Å². The minimum absolute atomic E-state index is 0.0580. The van der Waals surface area contributed by atoms with Gasteiger partial charge in [0.2, 0.25) is 6.10 Å². The van der Waals surface area contributed by atoms with Crippen LogP contribution in [0.4, 0.5) is 11.4 Å². The fourth-order valence-electron chi connectivity index (χ4n) is 2.84. The summed E-state index contributed by atoms with van der Waals surface area (Å²) in [6.45, 7) is 0. The Kier molecular flexibility index (Phi) is 7.52. The summed E-state index contributed by atoms with van der Waals surface area (Å²) in [6.07, 6.45) is -0.0485. The molecular weight excluding hydrogens is 446 g/mol. The van der Waals surface area contributed by atoms with Gasteiger partial charge in [-0.1, -0.05) is 72.3 Å². The van der Waals surface area contributed by atoms with E-state index in [-0.39, 0.29) is 22.0 Å². The highest BCUT2D eigenvalue weighted by Gasteiger charge is 2.27. The largest absolute Gasteiger partial charge is 0.443 e. The summed E-state index contributed by atoms with van der Waals surface area (Å²) in [5.74, 6) is -1.73. The van der Waals surface area contributed by atoms with Gasteiger partial charge in [0.1, 0.15) is 11.6 Å². The van der Waals surface area contributed by atoms with Gasteiger partial charge in [0.05, 0.1) is 15.6 Å². The SMILES string of the molecule is N#CC(=Cc1ccccc1)C(=O)OC(C(=O)Nc1ccc([N+](=O)[O-])cc1Cl)c1ccccc1. The number of rotatable bonds is 7. The summed E-state index contributed by atoms with van der Waals surface area (Å²) in [5.41, 5.74) is 0.546. The predicted molar refractivity (Wildman–Crippen MR) is 122 cm³/mol. The Hall–Kier alpha value is -4.48. The molecular formula is C24H16ClN3O5. The number of hydrogen-bond acceptors (Lipinski definition) is 6. The van der Waals surface area contributed by atoms with Crippen molar-refractivity contribution in [1.29, 1.82) is 5.26 Å². The Morgan fingerprint density at radius 3 is 2.27 bits per heavy atom. The molecule has 0 heterocycles. The second-order valence-electron chi connectivity index (χ2n) is 6.69. The maximum absolute atomic E-state index is 13.0. The number of nitriles is 1. The van der Waals surface area contributed by atoms with E-state index in [4.69, 9.17) is 16.3 Å².